The maximum absolute atomic E-state index is 14.0. The first kappa shape index (κ1) is 19.2. The van der Waals surface area contributed by atoms with Crippen LogP contribution in [-0.2, 0) is 10.4 Å². The van der Waals surface area contributed by atoms with Crippen LogP contribution in [0, 0.1) is 13.8 Å². The average molecular weight is 398 g/mol. The molecule has 0 bridgehead atoms. The highest BCUT2D eigenvalue weighted by atomic mass is 35.5. The Morgan fingerprint density at radius 1 is 1.22 bits per heavy atom. The van der Waals surface area contributed by atoms with Gasteiger partial charge in [-0.1, -0.05) is 28.9 Å². The van der Waals surface area contributed by atoms with E-state index in [9.17, 15) is 18.0 Å². The fraction of sp³-hybridized carbons (Fsp3) is 0.263. The third kappa shape index (κ3) is 3.39. The van der Waals surface area contributed by atoms with Crippen LogP contribution < -0.4 is 0 Å². The van der Waals surface area contributed by atoms with E-state index in [2.05, 4.69) is 5.16 Å². The van der Waals surface area contributed by atoms with Crippen LogP contribution in [0.15, 0.2) is 41.6 Å². The van der Waals surface area contributed by atoms with Gasteiger partial charge in [0.2, 0.25) is 0 Å². The monoisotopic (exact) mass is 397 g/mol. The molecule has 4 nitrogen and oxygen atoms in total. The minimum absolute atomic E-state index is 0.0748. The summed E-state index contributed by atoms with van der Waals surface area (Å²) in [6.45, 7) is 3.21. The first-order chi connectivity index (χ1) is 12.5. The van der Waals surface area contributed by atoms with Crippen molar-refractivity contribution in [1.29, 1.82) is 0 Å². The molecule has 8 heteroatoms. The van der Waals surface area contributed by atoms with E-state index in [0.717, 1.165) is 0 Å². The van der Waals surface area contributed by atoms with Crippen molar-refractivity contribution in [3.8, 4) is 0 Å². The Labute approximate surface area is 158 Å². The van der Waals surface area contributed by atoms with Gasteiger partial charge in [-0.15, -0.1) is 0 Å². The summed E-state index contributed by atoms with van der Waals surface area (Å²) in [5.74, 6) is -1.11. The van der Waals surface area contributed by atoms with Gasteiger partial charge in [0.1, 0.15) is 0 Å². The molecular weight excluding hydrogens is 383 g/mol. The second kappa shape index (κ2) is 6.56. The molecule has 0 amide bonds. The summed E-state index contributed by atoms with van der Waals surface area (Å²) in [6.07, 6.45) is -5.27. The minimum Gasteiger partial charge on any atom is -0.478 e. The van der Waals surface area contributed by atoms with Gasteiger partial charge in [-0.05, 0) is 54.8 Å². The first-order valence-electron chi connectivity index (χ1n) is 7.97. The molecule has 0 aromatic heterocycles. The van der Waals surface area contributed by atoms with Crippen molar-refractivity contribution in [3.05, 3.63) is 69.2 Å². The second-order valence-corrected chi connectivity index (χ2v) is 6.92. The molecule has 142 valence electrons. The maximum Gasteiger partial charge on any atom is 0.435 e. The molecule has 2 aromatic carbocycles. The zero-order valence-corrected chi connectivity index (χ0v) is 15.1. The number of halogens is 4. The Morgan fingerprint density at radius 3 is 2.48 bits per heavy atom. The molecule has 0 radical (unpaired) electrons. The van der Waals surface area contributed by atoms with Crippen LogP contribution in [0.3, 0.4) is 0 Å². The van der Waals surface area contributed by atoms with Gasteiger partial charge in [0.05, 0.1) is 11.3 Å². The Bertz CT molecular complexity index is 935. The van der Waals surface area contributed by atoms with Crippen molar-refractivity contribution in [2.24, 2.45) is 5.16 Å². The van der Waals surface area contributed by atoms with Crippen molar-refractivity contribution >= 4 is 23.3 Å². The molecule has 0 aliphatic carbocycles. The van der Waals surface area contributed by atoms with Crippen LogP contribution in [0.4, 0.5) is 13.2 Å². The smallest absolute Gasteiger partial charge is 0.435 e. The number of alkyl halides is 3. The third-order valence-corrected chi connectivity index (χ3v) is 4.70. The van der Waals surface area contributed by atoms with Crippen LogP contribution >= 0.6 is 11.6 Å². The van der Waals surface area contributed by atoms with Gasteiger partial charge in [-0.25, -0.2) is 4.79 Å². The minimum atomic E-state index is -4.73. The van der Waals surface area contributed by atoms with Gasteiger partial charge < -0.3 is 9.94 Å². The molecule has 0 fully saturated rings. The maximum atomic E-state index is 14.0. The van der Waals surface area contributed by atoms with Crippen molar-refractivity contribution in [2.75, 3.05) is 0 Å². The number of aryl methyl sites for hydroxylation is 2. The lowest BCUT2D eigenvalue weighted by molar-refractivity contribution is -0.275. The van der Waals surface area contributed by atoms with E-state index in [0.29, 0.717) is 16.7 Å². The molecule has 0 saturated carbocycles. The number of benzene rings is 2. The predicted molar refractivity (Wildman–Crippen MR) is 94.3 cm³/mol. The molecule has 1 aliphatic rings. The molecule has 1 N–H and O–H groups in total. The van der Waals surface area contributed by atoms with Gasteiger partial charge in [0, 0.05) is 17.0 Å². The first-order valence-corrected chi connectivity index (χ1v) is 8.35. The number of carboxylic acid groups (broad SMARTS) is 1. The highest BCUT2D eigenvalue weighted by Gasteiger charge is 2.62. The largest absolute Gasteiger partial charge is 0.478 e. The second-order valence-electron chi connectivity index (χ2n) is 6.48. The third-order valence-electron chi connectivity index (χ3n) is 4.48. The Balaban J connectivity index is 2.02. The van der Waals surface area contributed by atoms with Crippen LogP contribution in [0.5, 0.6) is 0 Å². The highest BCUT2D eigenvalue weighted by molar-refractivity contribution is 6.30. The quantitative estimate of drug-likeness (QED) is 0.770. The summed E-state index contributed by atoms with van der Waals surface area (Å²) in [5.41, 5.74) is -1.24. The van der Waals surface area contributed by atoms with Crippen LogP contribution in [0.2, 0.25) is 5.02 Å². The van der Waals surface area contributed by atoms with Crippen LogP contribution in [0.25, 0.3) is 0 Å². The summed E-state index contributed by atoms with van der Waals surface area (Å²) < 4.78 is 42.0. The van der Waals surface area contributed by atoms with Crippen LogP contribution in [-0.4, -0.2) is 23.0 Å². The van der Waals surface area contributed by atoms with Gasteiger partial charge in [-0.3, -0.25) is 0 Å². The lowest BCUT2D eigenvalue weighted by Crippen LogP contribution is -2.42. The zero-order chi connectivity index (χ0) is 20.0. The summed E-state index contributed by atoms with van der Waals surface area (Å²) >= 11 is 5.95. The lowest BCUT2D eigenvalue weighted by Gasteiger charge is -2.29. The van der Waals surface area contributed by atoms with E-state index < -0.39 is 24.2 Å². The zero-order valence-electron chi connectivity index (χ0n) is 14.4. The Kier molecular flexibility index (Phi) is 4.67. The summed E-state index contributed by atoms with van der Waals surface area (Å²) in [7, 11) is 0. The van der Waals surface area contributed by atoms with Gasteiger partial charge in [0.25, 0.3) is 5.60 Å². The number of hydrogen-bond acceptors (Lipinski definition) is 3. The van der Waals surface area contributed by atoms with Crippen molar-refractivity contribution in [3.63, 3.8) is 0 Å². The summed E-state index contributed by atoms with van der Waals surface area (Å²) in [4.78, 5) is 16.1. The summed E-state index contributed by atoms with van der Waals surface area (Å²) in [5, 5.41) is 13.0. The van der Waals surface area contributed by atoms with Crippen molar-refractivity contribution in [2.45, 2.75) is 32.0 Å². The average Bonchev–Trinajstić information content (AvgIpc) is 3.00. The van der Waals surface area contributed by atoms with E-state index in [1.807, 2.05) is 0 Å². The van der Waals surface area contributed by atoms with Crippen LogP contribution in [0.1, 0.15) is 39.0 Å². The molecule has 0 spiro atoms. The molecule has 2 aromatic rings. The predicted octanol–water partition coefficient (Wildman–Crippen LogP) is 5.24. The molecule has 0 unspecified atom stereocenters. The van der Waals surface area contributed by atoms with Gasteiger partial charge in [-0.2, -0.15) is 13.2 Å². The van der Waals surface area contributed by atoms with E-state index in [1.54, 1.807) is 19.9 Å². The fourth-order valence-corrected chi connectivity index (χ4v) is 3.40. The number of aromatic carboxylic acids is 1. The lowest BCUT2D eigenvalue weighted by atomic mass is 9.85. The molecule has 1 atom stereocenters. The Hall–Kier alpha value is -2.54. The normalized spacial score (nSPS) is 19.6. The molecule has 0 saturated heterocycles. The number of oxime groups is 1. The van der Waals surface area contributed by atoms with Gasteiger partial charge >= 0.3 is 12.1 Å². The molecule has 1 heterocycles. The van der Waals surface area contributed by atoms with Gasteiger partial charge in [0.15, 0.2) is 0 Å². The van der Waals surface area contributed by atoms with Crippen molar-refractivity contribution < 1.29 is 27.9 Å². The standard InChI is InChI=1S/C19H15ClF3NO3/c1-10-5-13(8-14(20)6-10)18(19(21,22)23)9-16(24-27-18)12-3-4-15(17(25)26)11(2)7-12/h3-8H,9H2,1-2H3,(H,25,26)/t18-/m0/s1. The number of carbonyl (C=O) groups is 1. The fourth-order valence-electron chi connectivity index (χ4n) is 3.11. The van der Waals surface area contributed by atoms with E-state index in [1.165, 1.54) is 30.3 Å². The molecule has 1 aliphatic heterocycles. The van der Waals surface area contributed by atoms with E-state index in [-0.39, 0.29) is 21.9 Å². The number of hydrogen-bond donors (Lipinski definition) is 1. The van der Waals surface area contributed by atoms with Crippen molar-refractivity contribution in [1.82, 2.24) is 0 Å². The highest BCUT2D eigenvalue weighted by Crippen LogP contribution is 2.49. The molecular formula is C19H15ClF3NO3. The topological polar surface area (TPSA) is 58.9 Å². The number of rotatable bonds is 3. The SMILES string of the molecule is Cc1cc(Cl)cc([C@]2(C(F)(F)F)CC(c3ccc(C(=O)O)c(C)c3)=NO2)c1. The molecule has 3 rings (SSSR count). The number of carboxylic acids is 1. The molecule has 27 heavy (non-hydrogen) atoms. The summed E-state index contributed by atoms with van der Waals surface area (Å²) in [6, 6.07) is 8.40. The Morgan fingerprint density at radius 2 is 1.93 bits per heavy atom. The number of nitrogens with zero attached hydrogens (tertiary/aromatic N) is 1. The van der Waals surface area contributed by atoms with E-state index in [4.69, 9.17) is 21.5 Å². The van der Waals surface area contributed by atoms with E-state index >= 15 is 0 Å².